The average Bonchev–Trinajstić information content (AvgIpc) is 3.32. The van der Waals surface area contributed by atoms with Gasteiger partial charge in [-0.05, 0) is 42.8 Å². The molecular formula is C28H23NO6S. The Hall–Kier alpha value is -4.43. The third kappa shape index (κ3) is 6.17. The third-order valence-corrected chi connectivity index (χ3v) is 5.89. The largest absolute Gasteiger partial charge is 0.462 e. The fourth-order valence-corrected chi connectivity index (χ4v) is 4.35. The van der Waals surface area contributed by atoms with Gasteiger partial charge < -0.3 is 19.5 Å². The van der Waals surface area contributed by atoms with E-state index in [1.807, 2.05) is 48.5 Å². The zero-order valence-electron chi connectivity index (χ0n) is 19.4. The van der Waals surface area contributed by atoms with Crippen LogP contribution in [-0.2, 0) is 14.3 Å². The van der Waals surface area contributed by atoms with Gasteiger partial charge in [-0.15, -0.1) is 11.3 Å². The maximum Gasteiger partial charge on any atom is 0.341 e. The van der Waals surface area contributed by atoms with Gasteiger partial charge in [-0.1, -0.05) is 54.6 Å². The molecule has 0 atom stereocenters. The van der Waals surface area contributed by atoms with Crippen molar-refractivity contribution in [1.29, 1.82) is 0 Å². The van der Waals surface area contributed by atoms with Crippen molar-refractivity contribution in [3.63, 3.8) is 0 Å². The number of anilines is 1. The Morgan fingerprint density at radius 1 is 0.806 bits per heavy atom. The van der Waals surface area contributed by atoms with Gasteiger partial charge in [0, 0.05) is 10.9 Å². The van der Waals surface area contributed by atoms with Gasteiger partial charge in [0.25, 0.3) is 5.91 Å². The summed E-state index contributed by atoms with van der Waals surface area (Å²) < 4.78 is 16.1. The molecule has 1 aromatic heterocycles. The highest BCUT2D eigenvalue weighted by molar-refractivity contribution is 7.15. The molecular weight excluding hydrogens is 478 g/mol. The van der Waals surface area contributed by atoms with Gasteiger partial charge in [-0.2, -0.15) is 0 Å². The topological polar surface area (TPSA) is 90.9 Å². The molecule has 1 heterocycles. The average molecular weight is 502 g/mol. The van der Waals surface area contributed by atoms with Crippen LogP contribution in [0.3, 0.4) is 0 Å². The highest BCUT2D eigenvalue weighted by atomic mass is 32.1. The highest BCUT2D eigenvalue weighted by Crippen LogP contribution is 2.36. The van der Waals surface area contributed by atoms with Crippen LogP contribution in [0.5, 0.6) is 11.5 Å². The zero-order chi connectivity index (χ0) is 25.3. The van der Waals surface area contributed by atoms with E-state index in [0.29, 0.717) is 22.1 Å². The Balaban J connectivity index is 1.42. The van der Waals surface area contributed by atoms with Crippen molar-refractivity contribution in [1.82, 2.24) is 0 Å². The maximum absolute atomic E-state index is 12.7. The van der Waals surface area contributed by atoms with Gasteiger partial charge in [0.2, 0.25) is 0 Å². The number of para-hydroxylation sites is 1. The van der Waals surface area contributed by atoms with Gasteiger partial charge in [-0.3, -0.25) is 4.79 Å². The number of ether oxygens (including phenoxy) is 3. The van der Waals surface area contributed by atoms with Crippen LogP contribution in [0.25, 0.3) is 11.1 Å². The molecule has 0 saturated heterocycles. The van der Waals surface area contributed by atoms with E-state index in [1.165, 1.54) is 17.4 Å². The highest BCUT2D eigenvalue weighted by Gasteiger charge is 2.23. The Morgan fingerprint density at radius 3 is 2.22 bits per heavy atom. The van der Waals surface area contributed by atoms with E-state index in [0.717, 1.165) is 5.56 Å². The maximum atomic E-state index is 12.7. The van der Waals surface area contributed by atoms with Crippen molar-refractivity contribution in [3.8, 4) is 22.6 Å². The van der Waals surface area contributed by atoms with Crippen molar-refractivity contribution in [2.75, 3.05) is 18.5 Å². The Bertz CT molecular complexity index is 1350. The molecule has 36 heavy (non-hydrogen) atoms. The van der Waals surface area contributed by atoms with Crippen LogP contribution in [0.4, 0.5) is 5.00 Å². The molecule has 1 amide bonds. The van der Waals surface area contributed by atoms with E-state index in [-0.39, 0.29) is 17.7 Å². The number of hydrogen-bond acceptors (Lipinski definition) is 7. The summed E-state index contributed by atoms with van der Waals surface area (Å²) in [5.41, 5.74) is 1.98. The summed E-state index contributed by atoms with van der Waals surface area (Å²) >= 11 is 1.20. The summed E-state index contributed by atoms with van der Waals surface area (Å²) in [4.78, 5) is 37.8. The van der Waals surface area contributed by atoms with Crippen LogP contribution in [0.15, 0.2) is 90.3 Å². The second kappa shape index (κ2) is 11.8. The number of rotatable bonds is 9. The third-order valence-electron chi connectivity index (χ3n) is 4.99. The van der Waals surface area contributed by atoms with Crippen LogP contribution in [0.2, 0.25) is 0 Å². The van der Waals surface area contributed by atoms with Crippen molar-refractivity contribution in [3.05, 3.63) is 101 Å². The molecule has 8 heteroatoms. The van der Waals surface area contributed by atoms with Gasteiger partial charge in [0.1, 0.15) is 22.1 Å². The van der Waals surface area contributed by atoms with E-state index in [1.54, 1.807) is 42.6 Å². The minimum atomic E-state index is -0.676. The number of benzene rings is 3. The second-order valence-electron chi connectivity index (χ2n) is 7.51. The number of thiophene rings is 1. The summed E-state index contributed by atoms with van der Waals surface area (Å²) in [6.07, 6.45) is 0. The molecule has 0 radical (unpaired) electrons. The number of carbonyl (C=O) groups is 3. The summed E-state index contributed by atoms with van der Waals surface area (Å²) in [6.45, 7) is 1.38. The van der Waals surface area contributed by atoms with Crippen LogP contribution in [-0.4, -0.2) is 31.1 Å². The first-order valence-corrected chi connectivity index (χ1v) is 12.1. The summed E-state index contributed by atoms with van der Waals surface area (Å²) in [7, 11) is 0. The molecule has 3 aromatic carbocycles. The molecule has 0 bridgehead atoms. The van der Waals surface area contributed by atoms with Crippen LogP contribution < -0.4 is 10.1 Å². The summed E-state index contributed by atoms with van der Waals surface area (Å²) in [5.74, 6) is -0.700. The summed E-state index contributed by atoms with van der Waals surface area (Å²) in [6, 6.07) is 25.0. The second-order valence-corrected chi connectivity index (χ2v) is 8.39. The SMILES string of the molecule is CCOC(=O)c1c(-c2ccccc2)csc1NC(=O)COC(=O)c1cccc(Oc2ccccc2)c1. The minimum absolute atomic E-state index is 0.195. The molecule has 0 aliphatic carbocycles. The monoisotopic (exact) mass is 501 g/mol. The van der Waals surface area contributed by atoms with E-state index in [9.17, 15) is 14.4 Å². The first-order valence-electron chi connectivity index (χ1n) is 11.2. The number of amides is 1. The zero-order valence-corrected chi connectivity index (χ0v) is 20.2. The molecule has 4 rings (SSSR count). The molecule has 4 aromatic rings. The first-order chi connectivity index (χ1) is 17.5. The standard InChI is InChI=1S/C28H23NO6S/c1-2-33-28(32)25-23(19-10-5-3-6-11-19)18-36-26(25)29-24(30)17-34-27(31)20-12-9-15-22(16-20)35-21-13-7-4-8-14-21/h3-16,18H,2,17H2,1H3,(H,29,30). The van der Waals surface area contributed by atoms with E-state index >= 15 is 0 Å². The molecule has 0 fully saturated rings. The van der Waals surface area contributed by atoms with E-state index in [4.69, 9.17) is 14.2 Å². The number of esters is 2. The number of carbonyl (C=O) groups excluding carboxylic acids is 3. The van der Waals surface area contributed by atoms with Gasteiger partial charge in [0.05, 0.1) is 12.2 Å². The smallest absolute Gasteiger partial charge is 0.341 e. The van der Waals surface area contributed by atoms with Crippen LogP contribution in [0.1, 0.15) is 27.6 Å². The first kappa shape index (κ1) is 24.7. The predicted molar refractivity (Wildman–Crippen MR) is 138 cm³/mol. The number of nitrogens with one attached hydrogen (secondary N) is 1. The Morgan fingerprint density at radius 2 is 1.50 bits per heavy atom. The van der Waals surface area contributed by atoms with Gasteiger partial charge in [-0.25, -0.2) is 9.59 Å². The molecule has 0 aliphatic rings. The summed E-state index contributed by atoms with van der Waals surface area (Å²) in [5, 5.41) is 4.77. The van der Waals surface area contributed by atoms with Crippen molar-refractivity contribution in [2.45, 2.75) is 6.92 Å². The van der Waals surface area contributed by atoms with Crippen molar-refractivity contribution < 1.29 is 28.6 Å². The van der Waals surface area contributed by atoms with Crippen molar-refractivity contribution >= 4 is 34.2 Å². The van der Waals surface area contributed by atoms with E-state index < -0.39 is 24.5 Å². The van der Waals surface area contributed by atoms with E-state index in [2.05, 4.69) is 5.32 Å². The van der Waals surface area contributed by atoms with Gasteiger partial charge >= 0.3 is 11.9 Å². The Labute approximate surface area is 212 Å². The molecule has 0 unspecified atom stereocenters. The lowest BCUT2D eigenvalue weighted by Crippen LogP contribution is -2.21. The lowest BCUT2D eigenvalue weighted by molar-refractivity contribution is -0.119. The molecule has 0 spiro atoms. The molecule has 0 aliphatic heterocycles. The normalized spacial score (nSPS) is 10.4. The Kier molecular flexibility index (Phi) is 8.10. The fraction of sp³-hybridized carbons (Fsp3) is 0.107. The molecule has 182 valence electrons. The van der Waals surface area contributed by atoms with Crippen molar-refractivity contribution in [2.24, 2.45) is 0 Å². The molecule has 1 N–H and O–H groups in total. The lowest BCUT2D eigenvalue weighted by atomic mass is 10.0. The molecule has 7 nitrogen and oxygen atoms in total. The lowest BCUT2D eigenvalue weighted by Gasteiger charge is -2.10. The minimum Gasteiger partial charge on any atom is -0.462 e. The molecule has 0 saturated carbocycles. The predicted octanol–water partition coefficient (Wildman–Crippen LogP) is 6.18. The fourth-order valence-electron chi connectivity index (χ4n) is 3.37. The van der Waals surface area contributed by atoms with Gasteiger partial charge in [0.15, 0.2) is 6.61 Å². The quantitative estimate of drug-likeness (QED) is 0.276. The van der Waals surface area contributed by atoms with Crippen LogP contribution >= 0.6 is 11.3 Å². The van der Waals surface area contributed by atoms with Crippen LogP contribution in [0, 0.1) is 0 Å². The number of hydrogen-bond donors (Lipinski definition) is 1.